The van der Waals surface area contributed by atoms with Crippen molar-refractivity contribution >= 4 is 12.0 Å². The number of carbonyl (C=O) groups excluding carboxylic acids is 1. The van der Waals surface area contributed by atoms with Crippen molar-refractivity contribution in [3.05, 3.63) is 65.2 Å². The molecule has 0 heterocycles. The fourth-order valence-electron chi connectivity index (χ4n) is 5.27. The topological polar surface area (TPSA) is 102 Å². The van der Waals surface area contributed by atoms with Crippen molar-refractivity contribution in [2.45, 2.75) is 58.4 Å². The summed E-state index contributed by atoms with van der Waals surface area (Å²) in [6.45, 7) is 6.57. The maximum absolute atomic E-state index is 12.7. The van der Waals surface area contributed by atoms with Gasteiger partial charge in [-0.15, -0.1) is 13.2 Å². The number of halogens is 3. The Bertz CT molecular complexity index is 1040. The van der Waals surface area contributed by atoms with Gasteiger partial charge in [0.1, 0.15) is 5.75 Å². The van der Waals surface area contributed by atoms with Crippen molar-refractivity contribution < 1.29 is 32.6 Å². The van der Waals surface area contributed by atoms with Crippen LogP contribution in [0.25, 0.3) is 0 Å². The van der Waals surface area contributed by atoms with Crippen LogP contribution in [0.2, 0.25) is 0 Å². The molecular weight excluding hydrogens is 461 g/mol. The summed E-state index contributed by atoms with van der Waals surface area (Å²) in [6.07, 6.45) is -1.55. The van der Waals surface area contributed by atoms with Gasteiger partial charge in [0.05, 0.1) is 11.1 Å². The van der Waals surface area contributed by atoms with Gasteiger partial charge < -0.3 is 20.9 Å². The summed E-state index contributed by atoms with van der Waals surface area (Å²) < 4.78 is 42.1. The second-order valence-corrected chi connectivity index (χ2v) is 10.2. The zero-order valence-electron chi connectivity index (χ0n) is 20.0. The van der Waals surface area contributed by atoms with Gasteiger partial charge in [0.2, 0.25) is 0 Å². The molecule has 190 valence electrons. The minimum Gasteiger partial charge on any atom is -0.478 e. The Morgan fingerprint density at radius 2 is 1.34 bits per heavy atom. The summed E-state index contributed by atoms with van der Waals surface area (Å²) in [6, 6.07) is 10.7. The van der Waals surface area contributed by atoms with Gasteiger partial charge >= 0.3 is 18.4 Å². The number of hydrogen-bond acceptors (Lipinski definition) is 3. The summed E-state index contributed by atoms with van der Waals surface area (Å²) in [5.41, 5.74) is 5.79. The highest BCUT2D eigenvalue weighted by Crippen LogP contribution is 2.48. The van der Waals surface area contributed by atoms with Crippen molar-refractivity contribution in [3.8, 4) is 5.75 Å². The number of carboxylic acids is 1. The van der Waals surface area contributed by atoms with E-state index in [9.17, 15) is 27.9 Å². The van der Waals surface area contributed by atoms with Crippen molar-refractivity contribution in [1.29, 1.82) is 0 Å². The molecule has 0 radical (unpaired) electrons. The molecule has 1 aliphatic carbocycles. The Labute approximate surface area is 202 Å². The van der Waals surface area contributed by atoms with Gasteiger partial charge in [-0.3, -0.25) is 0 Å². The number of ether oxygens (including phenoxy) is 1. The van der Waals surface area contributed by atoms with Gasteiger partial charge in [-0.2, -0.15) is 0 Å². The van der Waals surface area contributed by atoms with Crippen LogP contribution in [0, 0.1) is 17.3 Å². The quantitative estimate of drug-likeness (QED) is 0.457. The number of hydrogen-bond donors (Lipinski definition) is 3. The molecule has 0 aliphatic heterocycles. The van der Waals surface area contributed by atoms with Crippen LogP contribution in [0.4, 0.5) is 18.0 Å². The molecule has 4 N–H and O–H groups in total. The smallest absolute Gasteiger partial charge is 0.478 e. The van der Waals surface area contributed by atoms with E-state index in [-0.39, 0.29) is 22.6 Å². The average molecular weight is 493 g/mol. The van der Waals surface area contributed by atoms with E-state index >= 15 is 0 Å². The predicted octanol–water partition coefficient (Wildman–Crippen LogP) is 6.05. The standard InChI is InChI=1S/C26H31F3N2O4/c1-24(2,3)17-8-10-19(11-9-17)25(31-23(30)34,18-6-4-16(5-7-18)22(32)33)20-12-14-21(15-13-20)35-26(27,28)29/h4-7,12-15,17,19H,8-11H2,1-3H3,(H,32,33)(H3,30,31,34). The molecule has 1 atom stereocenters. The molecule has 1 unspecified atom stereocenters. The minimum atomic E-state index is -4.83. The fourth-order valence-corrected chi connectivity index (χ4v) is 5.27. The first-order valence-electron chi connectivity index (χ1n) is 11.5. The minimum absolute atomic E-state index is 0.0760. The van der Waals surface area contributed by atoms with Crippen LogP contribution in [0.15, 0.2) is 48.5 Å². The van der Waals surface area contributed by atoms with E-state index in [0.717, 1.165) is 25.7 Å². The average Bonchev–Trinajstić information content (AvgIpc) is 2.76. The highest BCUT2D eigenvalue weighted by molar-refractivity contribution is 5.87. The van der Waals surface area contributed by atoms with Gasteiger partial charge in [-0.05, 0) is 78.3 Å². The highest BCUT2D eigenvalue weighted by Gasteiger charge is 2.46. The fraction of sp³-hybridized carbons (Fsp3) is 0.462. The maximum atomic E-state index is 12.7. The molecule has 1 fully saturated rings. The van der Waals surface area contributed by atoms with Crippen LogP contribution in [0.1, 0.15) is 67.9 Å². The third-order valence-corrected chi connectivity index (χ3v) is 7.02. The summed E-state index contributed by atoms with van der Waals surface area (Å²) in [5.74, 6) is -1.13. The van der Waals surface area contributed by atoms with Gasteiger partial charge in [-0.25, -0.2) is 9.59 Å². The van der Waals surface area contributed by atoms with Gasteiger partial charge in [0, 0.05) is 0 Å². The SMILES string of the molecule is CC(C)(C)C1CCC(C(NC(N)=O)(c2ccc(OC(F)(F)F)cc2)c2ccc(C(=O)O)cc2)CC1. The first-order valence-corrected chi connectivity index (χ1v) is 11.5. The summed E-state index contributed by atoms with van der Waals surface area (Å²) in [4.78, 5) is 23.7. The van der Waals surface area contributed by atoms with Gasteiger partial charge in [0.15, 0.2) is 0 Å². The Hall–Kier alpha value is -3.23. The van der Waals surface area contributed by atoms with Crippen molar-refractivity contribution in [1.82, 2.24) is 5.32 Å². The molecule has 1 aliphatic rings. The van der Waals surface area contributed by atoms with Crippen LogP contribution < -0.4 is 15.8 Å². The molecule has 2 amide bonds. The van der Waals surface area contributed by atoms with Crippen LogP contribution in [0.5, 0.6) is 5.75 Å². The number of nitrogens with two attached hydrogens (primary N) is 1. The number of primary amides is 1. The van der Waals surface area contributed by atoms with Crippen LogP contribution in [-0.2, 0) is 5.54 Å². The molecule has 0 spiro atoms. The molecular formula is C26H31F3N2O4. The third-order valence-electron chi connectivity index (χ3n) is 7.02. The van der Waals surface area contributed by atoms with Crippen molar-refractivity contribution in [2.75, 3.05) is 0 Å². The molecule has 0 bridgehead atoms. The second kappa shape index (κ2) is 9.79. The summed E-state index contributed by atoms with van der Waals surface area (Å²) in [5, 5.41) is 12.2. The predicted molar refractivity (Wildman–Crippen MR) is 125 cm³/mol. The zero-order valence-corrected chi connectivity index (χ0v) is 20.0. The normalized spacial score (nSPS) is 20.5. The number of urea groups is 1. The number of alkyl halides is 3. The number of rotatable bonds is 6. The number of aromatic carboxylic acids is 1. The van der Waals surface area contributed by atoms with E-state index in [2.05, 4.69) is 30.8 Å². The van der Waals surface area contributed by atoms with E-state index in [1.807, 2.05) is 0 Å². The molecule has 2 aromatic carbocycles. The lowest BCUT2D eigenvalue weighted by Crippen LogP contribution is -2.54. The first-order chi connectivity index (χ1) is 16.2. The van der Waals surface area contributed by atoms with Crippen LogP contribution >= 0.6 is 0 Å². The number of carboxylic acid groups (broad SMARTS) is 1. The second-order valence-electron chi connectivity index (χ2n) is 10.2. The van der Waals surface area contributed by atoms with E-state index in [1.165, 1.54) is 36.4 Å². The Morgan fingerprint density at radius 1 is 0.886 bits per heavy atom. The number of nitrogens with one attached hydrogen (secondary N) is 1. The molecule has 35 heavy (non-hydrogen) atoms. The lowest BCUT2D eigenvalue weighted by Gasteiger charge is -2.47. The van der Waals surface area contributed by atoms with E-state index < -0.39 is 23.9 Å². The largest absolute Gasteiger partial charge is 0.573 e. The molecule has 1 saturated carbocycles. The molecule has 3 rings (SSSR count). The van der Waals surface area contributed by atoms with Crippen molar-refractivity contribution in [3.63, 3.8) is 0 Å². The monoisotopic (exact) mass is 492 g/mol. The van der Waals surface area contributed by atoms with Gasteiger partial charge in [-0.1, -0.05) is 45.0 Å². The lowest BCUT2D eigenvalue weighted by molar-refractivity contribution is -0.274. The Kier molecular flexibility index (Phi) is 7.38. The van der Waals surface area contributed by atoms with Crippen LogP contribution in [0.3, 0.4) is 0 Å². The molecule has 6 nitrogen and oxygen atoms in total. The molecule has 2 aromatic rings. The van der Waals surface area contributed by atoms with E-state index in [0.29, 0.717) is 17.0 Å². The molecule has 0 aromatic heterocycles. The third kappa shape index (κ3) is 6.07. The Morgan fingerprint density at radius 3 is 1.74 bits per heavy atom. The Balaban J connectivity index is 2.11. The molecule has 9 heteroatoms. The number of benzene rings is 2. The van der Waals surface area contributed by atoms with E-state index in [1.54, 1.807) is 12.1 Å². The molecule has 0 saturated heterocycles. The first kappa shape index (κ1) is 26.4. The van der Waals surface area contributed by atoms with Crippen LogP contribution in [-0.4, -0.2) is 23.5 Å². The van der Waals surface area contributed by atoms with Crippen molar-refractivity contribution in [2.24, 2.45) is 23.0 Å². The number of carbonyl (C=O) groups is 2. The van der Waals surface area contributed by atoms with Gasteiger partial charge in [0.25, 0.3) is 0 Å². The summed E-state index contributed by atoms with van der Waals surface area (Å²) >= 11 is 0. The lowest BCUT2D eigenvalue weighted by atomic mass is 9.62. The highest BCUT2D eigenvalue weighted by atomic mass is 19.4. The zero-order chi connectivity index (χ0) is 26.0. The number of amides is 2. The maximum Gasteiger partial charge on any atom is 0.573 e. The van der Waals surface area contributed by atoms with E-state index in [4.69, 9.17) is 5.73 Å². The summed E-state index contributed by atoms with van der Waals surface area (Å²) in [7, 11) is 0.